The molecule has 2 rings (SSSR count). The molecule has 0 radical (unpaired) electrons. The standard InChI is InChI=1S/C12H15N3O2/c1-13-8-11(16)9-4-2-3-5-10(9)15-7-6-14-12(15)17/h2-5,13H,6-8H2,1H3,(H,14,17). The molecule has 1 aliphatic rings. The Labute approximate surface area is 99.8 Å². The lowest BCUT2D eigenvalue weighted by Crippen LogP contribution is -2.30. The summed E-state index contributed by atoms with van der Waals surface area (Å²) in [4.78, 5) is 25.1. The van der Waals surface area contributed by atoms with Crippen LogP contribution in [0.1, 0.15) is 10.4 Å². The lowest BCUT2D eigenvalue weighted by molar-refractivity contribution is 0.0994. The zero-order valence-corrected chi connectivity index (χ0v) is 9.69. The smallest absolute Gasteiger partial charge is 0.322 e. The summed E-state index contributed by atoms with van der Waals surface area (Å²) in [5, 5.41) is 5.55. The first-order valence-electron chi connectivity index (χ1n) is 5.56. The molecule has 1 aromatic rings. The minimum absolute atomic E-state index is 0.0113. The van der Waals surface area contributed by atoms with Crippen LogP contribution in [0.2, 0.25) is 0 Å². The van der Waals surface area contributed by atoms with E-state index >= 15 is 0 Å². The summed E-state index contributed by atoms with van der Waals surface area (Å²) in [5.41, 5.74) is 1.27. The van der Waals surface area contributed by atoms with Crippen LogP contribution >= 0.6 is 0 Å². The van der Waals surface area contributed by atoms with E-state index in [-0.39, 0.29) is 18.4 Å². The van der Waals surface area contributed by atoms with Gasteiger partial charge in [0.2, 0.25) is 0 Å². The van der Waals surface area contributed by atoms with Crippen LogP contribution in [0.15, 0.2) is 24.3 Å². The highest BCUT2D eigenvalue weighted by molar-refractivity contribution is 6.06. The number of anilines is 1. The van der Waals surface area contributed by atoms with Gasteiger partial charge in [-0.2, -0.15) is 0 Å². The molecule has 17 heavy (non-hydrogen) atoms. The molecule has 5 heteroatoms. The molecule has 1 aromatic carbocycles. The number of nitrogens with one attached hydrogen (secondary N) is 2. The second-order valence-corrected chi connectivity index (χ2v) is 3.85. The van der Waals surface area contributed by atoms with E-state index in [2.05, 4.69) is 10.6 Å². The van der Waals surface area contributed by atoms with Crippen molar-refractivity contribution in [3.05, 3.63) is 29.8 Å². The van der Waals surface area contributed by atoms with E-state index in [4.69, 9.17) is 0 Å². The van der Waals surface area contributed by atoms with Crippen LogP contribution < -0.4 is 15.5 Å². The first-order chi connectivity index (χ1) is 8.24. The first kappa shape index (κ1) is 11.6. The highest BCUT2D eigenvalue weighted by Crippen LogP contribution is 2.22. The average Bonchev–Trinajstić information content (AvgIpc) is 2.76. The number of nitrogens with zero attached hydrogens (tertiary/aromatic N) is 1. The number of para-hydroxylation sites is 1. The van der Waals surface area contributed by atoms with Gasteiger partial charge in [0.1, 0.15) is 0 Å². The molecule has 1 heterocycles. The topological polar surface area (TPSA) is 61.4 Å². The van der Waals surface area contributed by atoms with Crippen LogP contribution in [0.3, 0.4) is 0 Å². The molecular weight excluding hydrogens is 218 g/mol. The zero-order valence-electron chi connectivity index (χ0n) is 9.69. The van der Waals surface area contributed by atoms with Crippen molar-refractivity contribution >= 4 is 17.5 Å². The van der Waals surface area contributed by atoms with Gasteiger partial charge in [0.05, 0.1) is 12.2 Å². The lowest BCUT2D eigenvalue weighted by Gasteiger charge is -2.17. The van der Waals surface area contributed by atoms with E-state index in [1.54, 1.807) is 30.1 Å². The minimum atomic E-state index is -0.144. The molecule has 0 saturated carbocycles. The van der Waals surface area contributed by atoms with Gasteiger partial charge >= 0.3 is 6.03 Å². The van der Waals surface area contributed by atoms with E-state index in [0.29, 0.717) is 24.3 Å². The molecule has 0 aromatic heterocycles. The molecule has 0 unspecified atom stereocenters. The van der Waals surface area contributed by atoms with Crippen molar-refractivity contribution in [2.75, 3.05) is 31.6 Å². The fourth-order valence-corrected chi connectivity index (χ4v) is 1.90. The summed E-state index contributed by atoms with van der Waals surface area (Å²) in [6.07, 6.45) is 0. The zero-order chi connectivity index (χ0) is 12.3. The van der Waals surface area contributed by atoms with Crippen molar-refractivity contribution < 1.29 is 9.59 Å². The van der Waals surface area contributed by atoms with E-state index in [9.17, 15) is 9.59 Å². The molecule has 0 spiro atoms. The van der Waals surface area contributed by atoms with Crippen molar-refractivity contribution in [2.45, 2.75) is 0 Å². The van der Waals surface area contributed by atoms with Crippen LogP contribution in [0, 0.1) is 0 Å². The van der Waals surface area contributed by atoms with E-state index in [0.717, 1.165) is 0 Å². The Balaban J connectivity index is 2.33. The second kappa shape index (κ2) is 4.97. The van der Waals surface area contributed by atoms with Crippen molar-refractivity contribution in [3.8, 4) is 0 Å². The average molecular weight is 233 g/mol. The third kappa shape index (κ3) is 2.29. The Kier molecular flexibility index (Phi) is 3.39. The number of carbonyl (C=O) groups excluding carboxylic acids is 2. The van der Waals surface area contributed by atoms with Gasteiger partial charge in [0.25, 0.3) is 0 Å². The predicted molar refractivity (Wildman–Crippen MR) is 65.4 cm³/mol. The molecular formula is C12H15N3O2. The summed E-state index contributed by atoms with van der Waals surface area (Å²) < 4.78 is 0. The molecule has 0 aliphatic carbocycles. The number of benzene rings is 1. The van der Waals surface area contributed by atoms with E-state index in [1.165, 1.54) is 0 Å². The van der Waals surface area contributed by atoms with Crippen molar-refractivity contribution in [3.63, 3.8) is 0 Å². The summed E-state index contributed by atoms with van der Waals surface area (Å²) in [6.45, 7) is 1.49. The van der Waals surface area contributed by atoms with Gasteiger partial charge in [-0.1, -0.05) is 12.1 Å². The van der Waals surface area contributed by atoms with E-state index < -0.39 is 0 Å². The number of hydrogen-bond donors (Lipinski definition) is 2. The number of likely N-dealkylation sites (N-methyl/N-ethyl adjacent to an activating group) is 1. The summed E-state index contributed by atoms with van der Waals surface area (Å²) in [6, 6.07) is 7.04. The van der Waals surface area contributed by atoms with Crippen LogP contribution in [0.4, 0.5) is 10.5 Å². The van der Waals surface area contributed by atoms with Crippen molar-refractivity contribution in [2.24, 2.45) is 0 Å². The molecule has 0 bridgehead atoms. The maximum atomic E-state index is 11.9. The predicted octanol–water partition coefficient (Wildman–Crippen LogP) is 0.618. The third-order valence-corrected chi connectivity index (χ3v) is 2.69. The third-order valence-electron chi connectivity index (χ3n) is 2.69. The number of hydrogen-bond acceptors (Lipinski definition) is 3. The van der Waals surface area contributed by atoms with Crippen LogP contribution in [0.5, 0.6) is 0 Å². The van der Waals surface area contributed by atoms with Crippen molar-refractivity contribution in [1.82, 2.24) is 10.6 Å². The van der Waals surface area contributed by atoms with Gasteiger partial charge in [-0.15, -0.1) is 0 Å². The normalized spacial score (nSPS) is 14.9. The highest BCUT2D eigenvalue weighted by atomic mass is 16.2. The summed E-state index contributed by atoms with van der Waals surface area (Å²) >= 11 is 0. The van der Waals surface area contributed by atoms with Gasteiger partial charge < -0.3 is 10.6 Å². The Hall–Kier alpha value is -1.88. The van der Waals surface area contributed by atoms with Crippen LogP contribution in [0.25, 0.3) is 0 Å². The number of rotatable bonds is 4. The number of urea groups is 1. The van der Waals surface area contributed by atoms with Gasteiger partial charge in [-0.3, -0.25) is 9.69 Å². The maximum absolute atomic E-state index is 11.9. The number of amides is 2. The summed E-state index contributed by atoms with van der Waals surface area (Å²) in [7, 11) is 1.73. The largest absolute Gasteiger partial charge is 0.336 e. The van der Waals surface area contributed by atoms with Gasteiger partial charge in [0, 0.05) is 18.7 Å². The Morgan fingerprint density at radius 1 is 1.47 bits per heavy atom. The number of Topliss-reactive ketones (excluding diaryl/α,β-unsaturated/α-hetero) is 1. The monoisotopic (exact) mass is 233 g/mol. The first-order valence-corrected chi connectivity index (χ1v) is 5.56. The van der Waals surface area contributed by atoms with Crippen LogP contribution in [-0.2, 0) is 0 Å². The quantitative estimate of drug-likeness (QED) is 0.749. The molecule has 2 N–H and O–H groups in total. The fourth-order valence-electron chi connectivity index (χ4n) is 1.90. The minimum Gasteiger partial charge on any atom is -0.336 e. The SMILES string of the molecule is CNCC(=O)c1ccccc1N1CCNC1=O. The maximum Gasteiger partial charge on any atom is 0.322 e. The highest BCUT2D eigenvalue weighted by Gasteiger charge is 2.24. The molecule has 2 amide bonds. The van der Waals surface area contributed by atoms with E-state index in [1.807, 2.05) is 6.07 Å². The molecule has 1 saturated heterocycles. The van der Waals surface area contributed by atoms with Crippen LogP contribution in [-0.4, -0.2) is 38.5 Å². The fraction of sp³-hybridized carbons (Fsp3) is 0.333. The molecule has 1 aliphatic heterocycles. The lowest BCUT2D eigenvalue weighted by atomic mass is 10.1. The number of ketones is 1. The second-order valence-electron chi connectivity index (χ2n) is 3.85. The van der Waals surface area contributed by atoms with Gasteiger partial charge in [-0.25, -0.2) is 4.79 Å². The summed E-state index contributed by atoms with van der Waals surface area (Å²) in [5.74, 6) is -0.0113. The molecule has 0 atom stereocenters. The Morgan fingerprint density at radius 2 is 2.24 bits per heavy atom. The Bertz CT molecular complexity index is 445. The van der Waals surface area contributed by atoms with Gasteiger partial charge in [-0.05, 0) is 19.2 Å². The molecule has 5 nitrogen and oxygen atoms in total. The number of carbonyl (C=O) groups is 2. The molecule has 1 fully saturated rings. The Morgan fingerprint density at radius 3 is 2.88 bits per heavy atom. The molecule has 90 valence electrons. The van der Waals surface area contributed by atoms with Gasteiger partial charge in [0.15, 0.2) is 5.78 Å². The van der Waals surface area contributed by atoms with Crippen molar-refractivity contribution in [1.29, 1.82) is 0 Å².